The van der Waals surface area contributed by atoms with Gasteiger partial charge in [-0.3, -0.25) is 9.69 Å². The average molecular weight is 290 g/mol. The minimum Gasteiger partial charge on any atom is -0.397 e. The molecule has 2 aliphatic heterocycles. The second kappa shape index (κ2) is 5.91. The van der Waals surface area contributed by atoms with Gasteiger partial charge in [0.05, 0.1) is 24.1 Å². The molecule has 0 aliphatic carbocycles. The molecule has 0 saturated carbocycles. The largest absolute Gasteiger partial charge is 0.397 e. The molecule has 0 radical (unpaired) electrons. The smallest absolute Gasteiger partial charge is 0.248 e. The number of carbonyl (C=O) groups excluding carboxylic acids is 1. The lowest BCUT2D eigenvalue weighted by Crippen LogP contribution is -2.48. The highest BCUT2D eigenvalue weighted by Gasteiger charge is 2.31. The first-order valence-electron chi connectivity index (χ1n) is 7.42. The Morgan fingerprint density at radius 1 is 1.48 bits per heavy atom. The standard InChI is InChI=1S/C15H22N4O2/c16-13-6-10(15(17)20)3-4-14(13)18-7-12-8-19-5-1-2-11(19)9-21-12/h3-4,6,11-12,18H,1-2,5,7-9,16H2,(H2,17,20). The van der Waals surface area contributed by atoms with Crippen LogP contribution in [0.15, 0.2) is 18.2 Å². The zero-order valence-corrected chi connectivity index (χ0v) is 12.0. The number of anilines is 2. The molecular weight excluding hydrogens is 268 g/mol. The van der Waals surface area contributed by atoms with Gasteiger partial charge in [-0.1, -0.05) is 0 Å². The van der Waals surface area contributed by atoms with Gasteiger partial charge in [-0.25, -0.2) is 0 Å². The van der Waals surface area contributed by atoms with E-state index in [1.807, 2.05) is 0 Å². The van der Waals surface area contributed by atoms with Crippen LogP contribution in [0, 0.1) is 0 Å². The molecule has 1 amide bonds. The van der Waals surface area contributed by atoms with E-state index >= 15 is 0 Å². The predicted molar refractivity (Wildman–Crippen MR) is 82.2 cm³/mol. The van der Waals surface area contributed by atoms with Crippen LogP contribution in [0.3, 0.4) is 0 Å². The summed E-state index contributed by atoms with van der Waals surface area (Å²) in [5.41, 5.74) is 12.9. The number of nitrogens with zero attached hydrogens (tertiary/aromatic N) is 1. The normalized spacial score (nSPS) is 25.5. The number of hydrogen-bond donors (Lipinski definition) is 3. The Morgan fingerprint density at radius 3 is 3.10 bits per heavy atom. The number of nitrogens with two attached hydrogens (primary N) is 2. The third-order valence-electron chi connectivity index (χ3n) is 4.32. The van der Waals surface area contributed by atoms with E-state index < -0.39 is 5.91 Å². The van der Waals surface area contributed by atoms with Crippen molar-refractivity contribution in [1.82, 2.24) is 4.90 Å². The van der Waals surface area contributed by atoms with Crippen LogP contribution < -0.4 is 16.8 Å². The molecule has 0 bridgehead atoms. The molecule has 2 aliphatic rings. The first kappa shape index (κ1) is 14.2. The van der Waals surface area contributed by atoms with Crippen molar-refractivity contribution in [1.29, 1.82) is 0 Å². The van der Waals surface area contributed by atoms with Crippen LogP contribution in [0.2, 0.25) is 0 Å². The highest BCUT2D eigenvalue weighted by molar-refractivity contribution is 5.94. The zero-order chi connectivity index (χ0) is 14.8. The Bertz CT molecular complexity index is 534. The first-order valence-corrected chi connectivity index (χ1v) is 7.42. The van der Waals surface area contributed by atoms with Gasteiger partial charge < -0.3 is 21.5 Å². The monoisotopic (exact) mass is 290 g/mol. The molecule has 21 heavy (non-hydrogen) atoms. The van der Waals surface area contributed by atoms with Crippen molar-refractivity contribution in [2.24, 2.45) is 5.73 Å². The Kier molecular flexibility index (Phi) is 3.98. The highest BCUT2D eigenvalue weighted by atomic mass is 16.5. The van der Waals surface area contributed by atoms with Crippen molar-refractivity contribution in [2.75, 3.05) is 37.3 Å². The number of nitrogens with one attached hydrogen (secondary N) is 1. The molecule has 2 heterocycles. The van der Waals surface area contributed by atoms with Crippen molar-refractivity contribution in [3.05, 3.63) is 23.8 Å². The third-order valence-corrected chi connectivity index (χ3v) is 4.32. The van der Waals surface area contributed by atoms with E-state index in [-0.39, 0.29) is 6.10 Å². The summed E-state index contributed by atoms with van der Waals surface area (Å²) in [5, 5.41) is 3.30. The van der Waals surface area contributed by atoms with Gasteiger partial charge in [0, 0.05) is 24.7 Å². The SMILES string of the molecule is NC(=O)c1ccc(NCC2CN3CCCC3CO2)c(N)c1. The number of benzene rings is 1. The Hall–Kier alpha value is -1.79. The van der Waals surface area contributed by atoms with Crippen molar-refractivity contribution in [3.8, 4) is 0 Å². The maximum Gasteiger partial charge on any atom is 0.248 e. The molecule has 114 valence electrons. The lowest BCUT2D eigenvalue weighted by Gasteiger charge is -2.35. The number of carbonyl (C=O) groups is 1. The minimum atomic E-state index is -0.469. The number of rotatable bonds is 4. The number of nitrogen functional groups attached to an aromatic ring is 1. The number of morpholine rings is 1. The first-order chi connectivity index (χ1) is 10.1. The lowest BCUT2D eigenvalue weighted by atomic mass is 10.1. The summed E-state index contributed by atoms with van der Waals surface area (Å²) < 4.78 is 5.90. The lowest BCUT2D eigenvalue weighted by molar-refractivity contribution is -0.0415. The molecule has 0 aromatic heterocycles. The molecule has 6 nitrogen and oxygen atoms in total. The van der Waals surface area contributed by atoms with Gasteiger partial charge in [-0.05, 0) is 37.6 Å². The topological polar surface area (TPSA) is 93.6 Å². The van der Waals surface area contributed by atoms with E-state index in [1.165, 1.54) is 19.4 Å². The van der Waals surface area contributed by atoms with Crippen LogP contribution in [-0.2, 0) is 4.74 Å². The van der Waals surface area contributed by atoms with Crippen molar-refractivity contribution in [2.45, 2.75) is 25.0 Å². The molecule has 1 aromatic rings. The van der Waals surface area contributed by atoms with Crippen molar-refractivity contribution < 1.29 is 9.53 Å². The third kappa shape index (κ3) is 3.11. The van der Waals surface area contributed by atoms with E-state index in [1.54, 1.807) is 18.2 Å². The quantitative estimate of drug-likeness (QED) is 0.708. The molecule has 2 unspecified atom stereocenters. The van der Waals surface area contributed by atoms with Crippen LogP contribution in [0.1, 0.15) is 23.2 Å². The molecule has 2 atom stereocenters. The van der Waals surface area contributed by atoms with Gasteiger partial charge in [0.1, 0.15) is 0 Å². The summed E-state index contributed by atoms with van der Waals surface area (Å²) in [7, 11) is 0. The van der Waals surface area contributed by atoms with Gasteiger partial charge in [0.15, 0.2) is 0 Å². The molecule has 6 heteroatoms. The second-order valence-corrected chi connectivity index (χ2v) is 5.79. The molecule has 5 N–H and O–H groups in total. The van der Waals surface area contributed by atoms with E-state index in [2.05, 4.69) is 10.2 Å². The molecule has 3 rings (SSSR count). The Balaban J connectivity index is 1.56. The van der Waals surface area contributed by atoms with Crippen LogP contribution in [0.25, 0.3) is 0 Å². The van der Waals surface area contributed by atoms with Gasteiger partial charge in [0.25, 0.3) is 0 Å². The van der Waals surface area contributed by atoms with Gasteiger partial charge in [0.2, 0.25) is 5.91 Å². The number of hydrogen-bond acceptors (Lipinski definition) is 5. The van der Waals surface area contributed by atoms with Crippen LogP contribution in [0.4, 0.5) is 11.4 Å². The summed E-state index contributed by atoms with van der Waals surface area (Å²) in [6, 6.07) is 5.68. The Morgan fingerprint density at radius 2 is 2.33 bits per heavy atom. The fourth-order valence-electron chi connectivity index (χ4n) is 3.11. The summed E-state index contributed by atoms with van der Waals surface area (Å²) in [6.07, 6.45) is 2.70. The van der Waals surface area contributed by atoms with Crippen LogP contribution in [-0.4, -0.2) is 49.2 Å². The summed E-state index contributed by atoms with van der Waals surface area (Å²) in [5.74, 6) is -0.469. The number of amides is 1. The number of primary amides is 1. The maximum absolute atomic E-state index is 11.1. The number of fused-ring (bicyclic) bond motifs is 1. The van der Waals surface area contributed by atoms with Crippen molar-refractivity contribution in [3.63, 3.8) is 0 Å². The van der Waals surface area contributed by atoms with Gasteiger partial charge >= 0.3 is 0 Å². The Labute approximate surface area is 124 Å². The molecule has 2 fully saturated rings. The van der Waals surface area contributed by atoms with Crippen LogP contribution >= 0.6 is 0 Å². The second-order valence-electron chi connectivity index (χ2n) is 5.79. The van der Waals surface area contributed by atoms with E-state index in [0.717, 1.165) is 18.8 Å². The summed E-state index contributed by atoms with van der Waals surface area (Å²) in [4.78, 5) is 13.6. The molecule has 1 aromatic carbocycles. The summed E-state index contributed by atoms with van der Waals surface area (Å²) in [6.45, 7) is 3.68. The average Bonchev–Trinajstić information content (AvgIpc) is 2.93. The summed E-state index contributed by atoms with van der Waals surface area (Å²) >= 11 is 0. The predicted octanol–water partition coefficient (Wildman–Crippen LogP) is 0.643. The van der Waals surface area contributed by atoms with E-state index in [9.17, 15) is 4.79 Å². The van der Waals surface area contributed by atoms with Crippen LogP contribution in [0.5, 0.6) is 0 Å². The molecular formula is C15H22N4O2. The van der Waals surface area contributed by atoms with E-state index in [0.29, 0.717) is 23.8 Å². The maximum atomic E-state index is 11.1. The fraction of sp³-hybridized carbons (Fsp3) is 0.533. The number of ether oxygens (including phenoxy) is 1. The highest BCUT2D eigenvalue weighted by Crippen LogP contribution is 2.24. The van der Waals surface area contributed by atoms with E-state index in [4.69, 9.17) is 16.2 Å². The molecule has 2 saturated heterocycles. The fourth-order valence-corrected chi connectivity index (χ4v) is 3.11. The minimum absolute atomic E-state index is 0.176. The van der Waals surface area contributed by atoms with Crippen molar-refractivity contribution >= 4 is 17.3 Å². The van der Waals surface area contributed by atoms with Gasteiger partial charge in [-0.2, -0.15) is 0 Å². The van der Waals surface area contributed by atoms with Gasteiger partial charge in [-0.15, -0.1) is 0 Å². The zero-order valence-electron chi connectivity index (χ0n) is 12.0. The molecule has 0 spiro atoms.